The summed E-state index contributed by atoms with van der Waals surface area (Å²) in [5.74, 6) is -0.748. The Kier molecular flexibility index (Phi) is 7.53. The summed E-state index contributed by atoms with van der Waals surface area (Å²) in [6.45, 7) is 2.05. The molecule has 0 aliphatic rings. The van der Waals surface area contributed by atoms with Gasteiger partial charge in [0, 0.05) is 17.4 Å². The second kappa shape index (κ2) is 9.86. The molecule has 0 spiro atoms. The Morgan fingerprint density at radius 1 is 1.38 bits per heavy atom. The normalized spacial score (nSPS) is 13.0. The van der Waals surface area contributed by atoms with E-state index in [-0.39, 0.29) is 6.04 Å². The number of carbonyl (C=O) groups excluding carboxylic acids is 1. The maximum Gasteiger partial charge on any atom is 0.326 e. The molecule has 1 aromatic heterocycles. The highest BCUT2D eigenvalue weighted by atomic mass is 32.2. The Morgan fingerprint density at radius 2 is 2.19 bits per heavy atom. The number of aromatic amines is 1. The van der Waals surface area contributed by atoms with Gasteiger partial charge in [-0.15, -0.1) is 0 Å². The largest absolute Gasteiger partial charge is 0.480 e. The molecule has 0 bridgehead atoms. The molecule has 4 N–H and O–H groups in total. The van der Waals surface area contributed by atoms with Crippen molar-refractivity contribution in [3.63, 3.8) is 0 Å². The average molecular weight is 376 g/mol. The molecule has 1 heterocycles. The van der Waals surface area contributed by atoms with Gasteiger partial charge in [-0.2, -0.15) is 11.8 Å². The highest BCUT2D eigenvalue weighted by molar-refractivity contribution is 7.98. The van der Waals surface area contributed by atoms with E-state index in [4.69, 9.17) is 0 Å². The van der Waals surface area contributed by atoms with Crippen LogP contribution in [0.25, 0.3) is 0 Å². The van der Waals surface area contributed by atoms with Crippen molar-refractivity contribution in [3.8, 4) is 0 Å². The Hall–Kier alpha value is -2.48. The summed E-state index contributed by atoms with van der Waals surface area (Å²) in [6, 6.07) is 6.16. The van der Waals surface area contributed by atoms with E-state index in [1.165, 1.54) is 0 Å². The maximum atomic E-state index is 12.4. The predicted octanol–water partition coefficient (Wildman–Crippen LogP) is 2.91. The van der Waals surface area contributed by atoms with E-state index in [0.717, 1.165) is 17.8 Å². The molecule has 0 fully saturated rings. The van der Waals surface area contributed by atoms with Crippen molar-refractivity contribution in [1.29, 1.82) is 0 Å². The van der Waals surface area contributed by atoms with Crippen molar-refractivity contribution < 1.29 is 14.7 Å². The number of carboxylic acids is 1. The van der Waals surface area contributed by atoms with Gasteiger partial charge in [0.2, 0.25) is 0 Å². The summed E-state index contributed by atoms with van der Waals surface area (Å²) >= 11 is 1.55. The second-order valence-electron chi connectivity index (χ2n) is 5.83. The highest BCUT2D eigenvalue weighted by Gasteiger charge is 2.20. The van der Waals surface area contributed by atoms with Crippen molar-refractivity contribution >= 4 is 29.3 Å². The van der Waals surface area contributed by atoms with Crippen LogP contribution in [-0.4, -0.2) is 45.0 Å². The lowest BCUT2D eigenvalue weighted by Crippen LogP contribution is -2.41. The van der Waals surface area contributed by atoms with Gasteiger partial charge in [0.15, 0.2) is 0 Å². The second-order valence-corrected chi connectivity index (χ2v) is 6.81. The van der Waals surface area contributed by atoms with Gasteiger partial charge in [-0.1, -0.05) is 13.0 Å². The van der Waals surface area contributed by atoms with Gasteiger partial charge in [0.1, 0.15) is 6.04 Å². The monoisotopic (exact) mass is 376 g/mol. The summed E-state index contributed by atoms with van der Waals surface area (Å²) in [4.78, 5) is 30.9. The van der Waals surface area contributed by atoms with Crippen LogP contribution in [0.1, 0.15) is 41.9 Å². The van der Waals surface area contributed by atoms with E-state index in [0.29, 0.717) is 17.7 Å². The van der Waals surface area contributed by atoms with Crippen molar-refractivity contribution in [1.82, 2.24) is 15.3 Å². The van der Waals surface area contributed by atoms with Crippen LogP contribution in [0.3, 0.4) is 0 Å². The van der Waals surface area contributed by atoms with Gasteiger partial charge in [-0.05, 0) is 43.0 Å². The van der Waals surface area contributed by atoms with Gasteiger partial charge in [-0.25, -0.2) is 9.78 Å². The van der Waals surface area contributed by atoms with Gasteiger partial charge in [0.25, 0.3) is 5.91 Å². The van der Waals surface area contributed by atoms with Crippen LogP contribution in [-0.2, 0) is 4.79 Å². The van der Waals surface area contributed by atoms with E-state index < -0.39 is 17.9 Å². The van der Waals surface area contributed by atoms with Gasteiger partial charge < -0.3 is 20.7 Å². The summed E-state index contributed by atoms with van der Waals surface area (Å²) in [5.41, 5.74) is 2.09. The number of thioether (sulfide) groups is 1. The average Bonchev–Trinajstić information content (AvgIpc) is 3.17. The molecule has 2 atom stereocenters. The number of carbonyl (C=O) groups is 2. The molecule has 2 unspecified atom stereocenters. The number of hydrogen-bond acceptors (Lipinski definition) is 5. The molecule has 2 aromatic rings. The van der Waals surface area contributed by atoms with Crippen molar-refractivity contribution in [2.75, 3.05) is 17.3 Å². The number of H-pyrrole nitrogens is 1. The Labute approximate surface area is 157 Å². The van der Waals surface area contributed by atoms with Gasteiger partial charge in [-0.3, -0.25) is 4.79 Å². The minimum absolute atomic E-state index is 0.0212. The molecule has 140 valence electrons. The molecule has 7 nitrogen and oxygen atoms in total. The van der Waals surface area contributed by atoms with Crippen LogP contribution in [0.15, 0.2) is 36.8 Å². The summed E-state index contributed by atoms with van der Waals surface area (Å²) in [6.07, 6.45) is 6.58. The quantitative estimate of drug-likeness (QED) is 0.508. The van der Waals surface area contributed by atoms with E-state index in [2.05, 4.69) is 20.6 Å². The van der Waals surface area contributed by atoms with Crippen LogP contribution in [0.5, 0.6) is 0 Å². The number of rotatable bonds is 10. The lowest BCUT2D eigenvalue weighted by molar-refractivity contribution is -0.139. The third-order valence-corrected chi connectivity index (χ3v) is 4.61. The highest BCUT2D eigenvalue weighted by Crippen LogP contribution is 2.21. The topological polar surface area (TPSA) is 107 Å². The molecule has 26 heavy (non-hydrogen) atoms. The molecule has 2 rings (SSSR count). The number of nitrogens with one attached hydrogen (secondary N) is 3. The first-order valence-corrected chi connectivity index (χ1v) is 9.82. The molecule has 0 aliphatic heterocycles. The number of carboxylic acid groups (broad SMARTS) is 1. The third kappa shape index (κ3) is 5.52. The number of benzene rings is 1. The number of aliphatic carboxylic acids is 1. The SMILES string of the molecule is CCC(Nc1cccc(C(=O)NC(CCSC)C(=O)O)c1)c1c[nH]cn1. The maximum absolute atomic E-state index is 12.4. The van der Waals surface area contributed by atoms with E-state index in [9.17, 15) is 14.7 Å². The molecule has 0 aliphatic carbocycles. The molecule has 1 aromatic carbocycles. The Bertz CT molecular complexity index is 721. The molecule has 0 saturated heterocycles. The van der Waals surface area contributed by atoms with Crippen LogP contribution >= 0.6 is 11.8 Å². The van der Waals surface area contributed by atoms with Crippen molar-refractivity contribution in [2.24, 2.45) is 0 Å². The predicted molar refractivity (Wildman–Crippen MR) is 104 cm³/mol. The molecule has 1 amide bonds. The molecule has 0 radical (unpaired) electrons. The number of amides is 1. The zero-order valence-corrected chi connectivity index (χ0v) is 15.7. The van der Waals surface area contributed by atoms with Crippen molar-refractivity contribution in [3.05, 3.63) is 48.0 Å². The fraction of sp³-hybridized carbons (Fsp3) is 0.389. The fourth-order valence-electron chi connectivity index (χ4n) is 2.53. The minimum atomic E-state index is -1.02. The Morgan fingerprint density at radius 3 is 2.81 bits per heavy atom. The van der Waals surface area contributed by atoms with Crippen LogP contribution in [0.2, 0.25) is 0 Å². The van der Waals surface area contributed by atoms with Crippen LogP contribution in [0.4, 0.5) is 5.69 Å². The zero-order chi connectivity index (χ0) is 18.9. The molecular weight excluding hydrogens is 352 g/mol. The van der Waals surface area contributed by atoms with Crippen LogP contribution < -0.4 is 10.6 Å². The Balaban J connectivity index is 2.07. The number of aromatic nitrogens is 2. The smallest absolute Gasteiger partial charge is 0.326 e. The lowest BCUT2D eigenvalue weighted by Gasteiger charge is -2.17. The fourth-order valence-corrected chi connectivity index (χ4v) is 3.00. The lowest BCUT2D eigenvalue weighted by atomic mass is 10.1. The minimum Gasteiger partial charge on any atom is -0.480 e. The van der Waals surface area contributed by atoms with E-state index in [1.54, 1.807) is 36.3 Å². The van der Waals surface area contributed by atoms with E-state index in [1.807, 2.05) is 25.4 Å². The first-order chi connectivity index (χ1) is 12.5. The summed E-state index contributed by atoms with van der Waals surface area (Å²) < 4.78 is 0. The number of nitrogens with zero attached hydrogens (tertiary/aromatic N) is 1. The number of imidazole rings is 1. The standard InChI is InChI=1S/C18H24N4O3S/c1-3-14(16-10-19-11-20-16)21-13-6-4-5-12(9-13)17(23)22-15(18(24)25)7-8-26-2/h4-6,9-11,14-15,21H,3,7-8H2,1-2H3,(H,19,20)(H,22,23)(H,24,25). The zero-order valence-electron chi connectivity index (χ0n) is 14.9. The molecule has 8 heteroatoms. The first-order valence-electron chi connectivity index (χ1n) is 8.43. The van der Waals surface area contributed by atoms with Crippen molar-refractivity contribution in [2.45, 2.75) is 31.8 Å². The summed E-state index contributed by atoms with van der Waals surface area (Å²) in [7, 11) is 0. The summed E-state index contributed by atoms with van der Waals surface area (Å²) in [5, 5.41) is 15.2. The molecule has 0 saturated carbocycles. The first kappa shape index (κ1) is 19.8. The third-order valence-electron chi connectivity index (χ3n) is 3.96. The van der Waals surface area contributed by atoms with Gasteiger partial charge >= 0.3 is 5.97 Å². The molecular formula is C18H24N4O3S. The number of hydrogen-bond donors (Lipinski definition) is 4. The number of anilines is 1. The van der Waals surface area contributed by atoms with Crippen LogP contribution in [0, 0.1) is 0 Å². The van der Waals surface area contributed by atoms with E-state index >= 15 is 0 Å². The van der Waals surface area contributed by atoms with Gasteiger partial charge in [0.05, 0.1) is 18.1 Å².